The molecule has 0 unspecified atom stereocenters. The van der Waals surface area contributed by atoms with E-state index in [4.69, 9.17) is 5.84 Å². The highest BCUT2D eigenvalue weighted by atomic mass is 19.1. The summed E-state index contributed by atoms with van der Waals surface area (Å²) in [5.74, 6) is 4.94. The number of hydrogen-bond donors (Lipinski definition) is 3. The van der Waals surface area contributed by atoms with Gasteiger partial charge in [-0.2, -0.15) is 4.39 Å². The van der Waals surface area contributed by atoms with Crippen molar-refractivity contribution in [3.05, 3.63) is 18.3 Å². The highest BCUT2D eigenvalue weighted by Crippen LogP contribution is 2.43. The lowest BCUT2D eigenvalue weighted by atomic mass is 9.85. The summed E-state index contributed by atoms with van der Waals surface area (Å²) in [6.07, 6.45) is 4.55. The fourth-order valence-electron chi connectivity index (χ4n) is 5.54. The third kappa shape index (κ3) is 4.84. The number of anilines is 1. The van der Waals surface area contributed by atoms with Crippen molar-refractivity contribution in [1.29, 1.82) is 0 Å². The summed E-state index contributed by atoms with van der Waals surface area (Å²) < 4.78 is 13.6. The zero-order valence-electron chi connectivity index (χ0n) is 20.0. The fraction of sp³-hybridized carbons (Fsp3) is 0.696. The second-order valence-electron chi connectivity index (χ2n) is 10.7. The lowest BCUT2D eigenvalue weighted by molar-refractivity contribution is -0.147. The van der Waals surface area contributed by atoms with E-state index in [1.807, 2.05) is 20.8 Å². The lowest BCUT2D eigenvalue weighted by Gasteiger charge is -2.37. The van der Waals surface area contributed by atoms with Gasteiger partial charge in [-0.15, -0.1) is 0 Å². The summed E-state index contributed by atoms with van der Waals surface area (Å²) in [5.41, 5.74) is -0.547. The first-order chi connectivity index (χ1) is 16.1. The molecule has 4 rings (SSSR count). The Labute approximate surface area is 198 Å². The van der Waals surface area contributed by atoms with Crippen molar-refractivity contribution in [2.75, 3.05) is 25.0 Å². The van der Waals surface area contributed by atoms with Gasteiger partial charge in [-0.05, 0) is 36.5 Å². The molecule has 2 aliphatic heterocycles. The maximum atomic E-state index is 13.9. The van der Waals surface area contributed by atoms with Crippen LogP contribution in [0.2, 0.25) is 0 Å². The number of aromatic nitrogens is 2. The Hall–Kier alpha value is -2.82. The van der Waals surface area contributed by atoms with Crippen LogP contribution < -0.4 is 16.5 Å². The molecule has 0 bridgehead atoms. The maximum Gasteiger partial charge on any atom is 0.259 e. The Morgan fingerprint density at radius 2 is 2.09 bits per heavy atom. The standard InChI is InChI=1S/C23H34FN7O3/c1-23(2,3)19(29-17-9-16(24)27-12-28-17)22(34)30-10-13-5-4-6-15(13)18(30)21(33)31(25)11-14-7-8-26-20(14)32/h9,12-15,18-19H,4-8,10-11,25H2,1-3H3,(H,26,32)(H,27,28,29)/t13-,14-,15-,18-,19+/m0/s1. The van der Waals surface area contributed by atoms with Crippen LogP contribution in [0.3, 0.4) is 0 Å². The number of nitrogens with two attached hydrogens (primary N) is 1. The van der Waals surface area contributed by atoms with Gasteiger partial charge in [0.15, 0.2) is 0 Å². The highest BCUT2D eigenvalue weighted by Gasteiger charge is 2.52. The molecule has 3 heterocycles. The number of amides is 3. The zero-order valence-corrected chi connectivity index (χ0v) is 20.0. The first-order valence-corrected chi connectivity index (χ1v) is 11.9. The number of nitrogens with one attached hydrogen (secondary N) is 2. The monoisotopic (exact) mass is 475 g/mol. The van der Waals surface area contributed by atoms with Crippen molar-refractivity contribution in [3.8, 4) is 0 Å². The summed E-state index contributed by atoms with van der Waals surface area (Å²) >= 11 is 0. The van der Waals surface area contributed by atoms with Gasteiger partial charge in [-0.25, -0.2) is 15.8 Å². The Kier molecular flexibility index (Phi) is 6.75. The minimum Gasteiger partial charge on any atom is -0.358 e. The fourth-order valence-corrected chi connectivity index (χ4v) is 5.54. The van der Waals surface area contributed by atoms with E-state index in [0.717, 1.165) is 36.7 Å². The maximum absolute atomic E-state index is 13.9. The molecule has 5 atom stereocenters. The van der Waals surface area contributed by atoms with Gasteiger partial charge >= 0.3 is 0 Å². The van der Waals surface area contributed by atoms with Crippen LogP contribution in [0, 0.1) is 29.1 Å². The van der Waals surface area contributed by atoms with Crippen LogP contribution in [-0.4, -0.2) is 69.3 Å². The van der Waals surface area contributed by atoms with Crippen molar-refractivity contribution in [2.45, 2.75) is 58.5 Å². The molecule has 1 saturated carbocycles. The largest absolute Gasteiger partial charge is 0.358 e. The summed E-state index contributed by atoms with van der Waals surface area (Å²) in [6.45, 7) is 6.89. The number of carbonyl (C=O) groups is 3. The molecule has 2 saturated heterocycles. The van der Waals surface area contributed by atoms with E-state index in [0.29, 0.717) is 19.5 Å². The number of hydrazine groups is 1. The molecule has 1 aromatic heterocycles. The highest BCUT2D eigenvalue weighted by molar-refractivity contribution is 5.92. The molecule has 3 aliphatic rings. The van der Waals surface area contributed by atoms with Crippen molar-refractivity contribution < 1.29 is 18.8 Å². The molecule has 0 aromatic carbocycles. The average molecular weight is 476 g/mol. The minimum atomic E-state index is -0.747. The Bertz CT molecular complexity index is 953. The number of rotatable bonds is 6. The zero-order chi connectivity index (χ0) is 24.6. The number of fused-ring (bicyclic) bond motifs is 1. The molecule has 4 N–H and O–H groups in total. The van der Waals surface area contributed by atoms with E-state index >= 15 is 0 Å². The SMILES string of the molecule is CC(C)(C)[C@H](Nc1cc(F)ncn1)C(=O)N1C[C@@H]2CCC[C@@H]2[C@H]1C(=O)N(N)C[C@@H]1CCNC1=O. The van der Waals surface area contributed by atoms with E-state index in [1.54, 1.807) is 4.90 Å². The number of nitrogens with zero attached hydrogens (tertiary/aromatic N) is 4. The number of likely N-dealkylation sites (tertiary alicyclic amines) is 1. The molecule has 34 heavy (non-hydrogen) atoms. The van der Waals surface area contributed by atoms with Crippen molar-refractivity contribution in [2.24, 2.45) is 29.0 Å². The molecular formula is C23H34FN7O3. The molecular weight excluding hydrogens is 441 g/mol. The molecule has 0 radical (unpaired) electrons. The first-order valence-electron chi connectivity index (χ1n) is 11.9. The molecule has 1 aromatic rings. The van der Waals surface area contributed by atoms with Crippen LogP contribution in [0.1, 0.15) is 46.5 Å². The second-order valence-corrected chi connectivity index (χ2v) is 10.7. The predicted molar refractivity (Wildman–Crippen MR) is 122 cm³/mol. The van der Waals surface area contributed by atoms with Crippen LogP contribution in [0.15, 0.2) is 12.4 Å². The summed E-state index contributed by atoms with van der Waals surface area (Å²) in [7, 11) is 0. The van der Waals surface area contributed by atoms with Gasteiger partial charge in [-0.1, -0.05) is 27.2 Å². The lowest BCUT2D eigenvalue weighted by Crippen LogP contribution is -2.58. The summed E-state index contributed by atoms with van der Waals surface area (Å²) in [4.78, 5) is 48.6. The third-order valence-corrected chi connectivity index (χ3v) is 7.33. The van der Waals surface area contributed by atoms with Crippen LogP contribution in [0.5, 0.6) is 0 Å². The van der Waals surface area contributed by atoms with E-state index in [2.05, 4.69) is 20.6 Å². The van der Waals surface area contributed by atoms with Gasteiger partial charge < -0.3 is 15.5 Å². The predicted octanol–water partition coefficient (Wildman–Crippen LogP) is 0.908. The Balaban J connectivity index is 1.57. The van der Waals surface area contributed by atoms with E-state index in [-0.39, 0.29) is 47.8 Å². The van der Waals surface area contributed by atoms with Crippen molar-refractivity contribution >= 4 is 23.5 Å². The van der Waals surface area contributed by atoms with Gasteiger partial charge in [0.1, 0.15) is 24.2 Å². The minimum absolute atomic E-state index is 0.0389. The smallest absolute Gasteiger partial charge is 0.259 e. The molecule has 11 heteroatoms. The molecule has 10 nitrogen and oxygen atoms in total. The van der Waals surface area contributed by atoms with Gasteiger partial charge in [-0.3, -0.25) is 19.4 Å². The number of carbonyl (C=O) groups excluding carboxylic acids is 3. The molecule has 1 aliphatic carbocycles. The third-order valence-electron chi connectivity index (χ3n) is 7.33. The number of halogens is 1. The molecule has 3 amide bonds. The van der Waals surface area contributed by atoms with Gasteiger partial charge in [0.05, 0.1) is 5.92 Å². The van der Waals surface area contributed by atoms with E-state index in [9.17, 15) is 18.8 Å². The van der Waals surface area contributed by atoms with Crippen LogP contribution >= 0.6 is 0 Å². The molecule has 186 valence electrons. The van der Waals surface area contributed by atoms with E-state index in [1.165, 1.54) is 0 Å². The Morgan fingerprint density at radius 3 is 2.74 bits per heavy atom. The molecule has 3 fully saturated rings. The normalized spacial score (nSPS) is 27.3. The van der Waals surface area contributed by atoms with Crippen LogP contribution in [0.25, 0.3) is 0 Å². The van der Waals surface area contributed by atoms with Crippen LogP contribution in [0.4, 0.5) is 10.2 Å². The van der Waals surface area contributed by atoms with Crippen LogP contribution in [-0.2, 0) is 14.4 Å². The quantitative estimate of drug-likeness (QED) is 0.241. The van der Waals surface area contributed by atoms with Gasteiger partial charge in [0, 0.05) is 25.7 Å². The van der Waals surface area contributed by atoms with Crippen molar-refractivity contribution in [1.82, 2.24) is 25.2 Å². The first kappa shape index (κ1) is 24.3. The number of hydrogen-bond acceptors (Lipinski definition) is 7. The van der Waals surface area contributed by atoms with E-state index < -0.39 is 23.4 Å². The second kappa shape index (κ2) is 9.44. The van der Waals surface area contributed by atoms with Gasteiger partial charge in [0.25, 0.3) is 5.91 Å². The topological polar surface area (TPSA) is 134 Å². The average Bonchev–Trinajstić information content (AvgIpc) is 3.46. The van der Waals surface area contributed by atoms with Crippen molar-refractivity contribution in [3.63, 3.8) is 0 Å². The molecule has 0 spiro atoms. The summed E-state index contributed by atoms with van der Waals surface area (Å²) in [5, 5.41) is 6.95. The summed E-state index contributed by atoms with van der Waals surface area (Å²) in [6, 6.07) is -0.284. The van der Waals surface area contributed by atoms with Gasteiger partial charge in [0.2, 0.25) is 17.8 Å². The Morgan fingerprint density at radius 1 is 1.32 bits per heavy atom.